The molecule has 3 aromatic rings. The Kier molecular flexibility index (Phi) is 5.16. The summed E-state index contributed by atoms with van der Waals surface area (Å²) in [6.07, 6.45) is 4.55. The minimum atomic E-state index is -0.743. The molecule has 0 radical (unpaired) electrons. The highest BCUT2D eigenvalue weighted by molar-refractivity contribution is 5.83. The molecule has 3 rings (SSSR count). The lowest BCUT2D eigenvalue weighted by atomic mass is 10.1. The number of aromatic amines is 1. The van der Waals surface area contributed by atoms with Crippen LogP contribution in [-0.4, -0.2) is 22.7 Å². The normalized spacial score (nSPS) is 10.8. The highest BCUT2D eigenvalue weighted by Crippen LogP contribution is 2.19. The molecule has 124 valence electrons. The number of aromatic nitrogens is 1. The van der Waals surface area contributed by atoms with Crippen LogP contribution in [0.25, 0.3) is 10.9 Å². The van der Waals surface area contributed by atoms with Crippen molar-refractivity contribution in [2.24, 2.45) is 0 Å². The second-order valence-corrected chi connectivity index (χ2v) is 5.85. The fraction of sp³-hybridized carbons (Fsp3) is 0.250. The van der Waals surface area contributed by atoms with E-state index in [1.807, 2.05) is 42.6 Å². The number of hydrogen-bond donors (Lipinski definition) is 2. The molecule has 0 bridgehead atoms. The van der Waals surface area contributed by atoms with Gasteiger partial charge in [0.1, 0.15) is 5.75 Å². The molecule has 0 aliphatic heterocycles. The number of para-hydroxylation sites is 1. The number of benzene rings is 2. The molecule has 4 nitrogen and oxygen atoms in total. The van der Waals surface area contributed by atoms with Crippen molar-refractivity contribution in [3.8, 4) is 5.75 Å². The van der Waals surface area contributed by atoms with E-state index in [0.29, 0.717) is 13.0 Å². The van der Waals surface area contributed by atoms with Crippen LogP contribution in [0.5, 0.6) is 5.75 Å². The molecule has 24 heavy (non-hydrogen) atoms. The Morgan fingerprint density at radius 3 is 2.62 bits per heavy atom. The van der Waals surface area contributed by atoms with Gasteiger partial charge in [-0.1, -0.05) is 30.3 Å². The molecule has 0 spiro atoms. The van der Waals surface area contributed by atoms with Gasteiger partial charge in [-0.3, -0.25) is 4.79 Å². The van der Waals surface area contributed by atoms with Gasteiger partial charge in [0.15, 0.2) is 0 Å². The highest BCUT2D eigenvalue weighted by atomic mass is 16.5. The number of nitrogens with one attached hydrogen (secondary N) is 1. The van der Waals surface area contributed by atoms with Crippen LogP contribution in [0.3, 0.4) is 0 Å². The summed E-state index contributed by atoms with van der Waals surface area (Å²) >= 11 is 0. The number of aliphatic carboxylic acids is 1. The Bertz CT molecular complexity index is 805. The van der Waals surface area contributed by atoms with Crippen molar-refractivity contribution in [2.75, 3.05) is 6.61 Å². The van der Waals surface area contributed by atoms with E-state index in [1.165, 1.54) is 10.9 Å². The molecular weight excluding hydrogens is 302 g/mol. The maximum atomic E-state index is 10.5. The quantitative estimate of drug-likeness (QED) is 0.653. The summed E-state index contributed by atoms with van der Waals surface area (Å²) in [5.41, 5.74) is 3.55. The summed E-state index contributed by atoms with van der Waals surface area (Å²) in [6, 6.07) is 16.2. The van der Waals surface area contributed by atoms with Gasteiger partial charge in [-0.2, -0.15) is 0 Å². The molecule has 4 heteroatoms. The van der Waals surface area contributed by atoms with Crippen molar-refractivity contribution in [1.82, 2.24) is 4.98 Å². The van der Waals surface area contributed by atoms with Crippen molar-refractivity contribution in [2.45, 2.75) is 25.7 Å². The summed E-state index contributed by atoms with van der Waals surface area (Å²) in [4.78, 5) is 13.8. The first-order chi connectivity index (χ1) is 11.7. The lowest BCUT2D eigenvalue weighted by Crippen LogP contribution is -2.01. The lowest BCUT2D eigenvalue weighted by Gasteiger charge is -2.07. The third-order valence-electron chi connectivity index (χ3n) is 4.09. The number of fused-ring (bicyclic) bond motifs is 1. The smallest absolute Gasteiger partial charge is 0.303 e. The zero-order valence-electron chi connectivity index (χ0n) is 13.5. The van der Waals surface area contributed by atoms with Gasteiger partial charge in [0.05, 0.1) is 6.61 Å². The maximum absolute atomic E-state index is 10.5. The summed E-state index contributed by atoms with van der Waals surface area (Å²) in [6.45, 7) is 0.625. The van der Waals surface area contributed by atoms with Crippen molar-refractivity contribution < 1.29 is 14.6 Å². The number of carbonyl (C=O) groups is 1. The summed E-state index contributed by atoms with van der Waals surface area (Å²) < 4.78 is 5.82. The second kappa shape index (κ2) is 7.68. The van der Waals surface area contributed by atoms with E-state index in [9.17, 15) is 4.79 Å². The fourth-order valence-electron chi connectivity index (χ4n) is 2.81. The Morgan fingerprint density at radius 2 is 1.83 bits per heavy atom. The molecular formula is C20H21NO3. The van der Waals surface area contributed by atoms with Crippen LogP contribution in [-0.2, 0) is 17.6 Å². The van der Waals surface area contributed by atoms with Crippen molar-refractivity contribution in [1.29, 1.82) is 0 Å². The van der Waals surface area contributed by atoms with E-state index in [1.54, 1.807) is 0 Å². The monoisotopic (exact) mass is 323 g/mol. The first-order valence-electron chi connectivity index (χ1n) is 8.21. The maximum Gasteiger partial charge on any atom is 0.303 e. The van der Waals surface area contributed by atoms with E-state index >= 15 is 0 Å². The van der Waals surface area contributed by atoms with Gasteiger partial charge in [-0.05, 0) is 42.2 Å². The minimum Gasteiger partial charge on any atom is -0.493 e. The number of carboxylic acids is 1. The van der Waals surface area contributed by atoms with Crippen LogP contribution >= 0.6 is 0 Å². The molecule has 1 aromatic heterocycles. The third kappa shape index (κ3) is 4.16. The molecule has 0 aliphatic rings. The van der Waals surface area contributed by atoms with Crippen LogP contribution < -0.4 is 4.74 Å². The van der Waals surface area contributed by atoms with Gasteiger partial charge in [-0.15, -0.1) is 0 Å². The van der Waals surface area contributed by atoms with Crippen molar-refractivity contribution in [3.63, 3.8) is 0 Å². The standard InChI is InChI=1S/C20H21NO3/c22-20(23)7-3-4-15-8-10-17(11-9-15)24-13-12-16-14-21-19-6-2-1-5-18(16)19/h1-2,5-6,8-11,14,21H,3-4,7,12-13H2,(H,22,23). The van der Waals surface area contributed by atoms with E-state index in [2.05, 4.69) is 17.1 Å². The van der Waals surface area contributed by atoms with Gasteiger partial charge in [0.25, 0.3) is 0 Å². The summed E-state index contributed by atoms with van der Waals surface area (Å²) in [5.74, 6) is 0.101. The van der Waals surface area contributed by atoms with Gasteiger partial charge >= 0.3 is 5.97 Å². The Balaban J connectivity index is 1.49. The number of hydrogen-bond acceptors (Lipinski definition) is 2. The molecule has 0 amide bonds. The first-order valence-corrected chi connectivity index (χ1v) is 8.21. The average Bonchev–Trinajstić information content (AvgIpc) is 2.99. The molecule has 0 saturated carbocycles. The topological polar surface area (TPSA) is 62.3 Å². The molecule has 0 atom stereocenters. The van der Waals surface area contributed by atoms with Gasteiger partial charge < -0.3 is 14.8 Å². The van der Waals surface area contributed by atoms with Crippen LogP contribution in [0.15, 0.2) is 54.7 Å². The van der Waals surface area contributed by atoms with Crippen LogP contribution in [0.1, 0.15) is 24.0 Å². The number of rotatable bonds is 8. The Labute approximate surface area is 141 Å². The SMILES string of the molecule is O=C(O)CCCc1ccc(OCCc2c[nH]c3ccccc23)cc1. The third-order valence-corrected chi connectivity index (χ3v) is 4.09. The number of aryl methyl sites for hydroxylation is 1. The largest absolute Gasteiger partial charge is 0.493 e. The Hall–Kier alpha value is -2.75. The zero-order chi connectivity index (χ0) is 16.8. The molecule has 0 fully saturated rings. The predicted molar refractivity (Wildman–Crippen MR) is 94.5 cm³/mol. The minimum absolute atomic E-state index is 0.211. The molecule has 0 aliphatic carbocycles. The number of H-pyrrole nitrogens is 1. The van der Waals surface area contributed by atoms with E-state index in [4.69, 9.17) is 9.84 Å². The zero-order valence-corrected chi connectivity index (χ0v) is 13.5. The summed E-state index contributed by atoms with van der Waals surface area (Å²) in [7, 11) is 0. The second-order valence-electron chi connectivity index (χ2n) is 5.85. The number of ether oxygens (including phenoxy) is 1. The molecule has 2 N–H and O–H groups in total. The van der Waals surface area contributed by atoms with Gasteiger partial charge in [0, 0.05) is 29.9 Å². The predicted octanol–water partition coefficient (Wildman–Crippen LogP) is 4.20. The molecule has 1 heterocycles. The van der Waals surface area contributed by atoms with E-state index in [-0.39, 0.29) is 6.42 Å². The first kappa shape index (κ1) is 16.1. The van der Waals surface area contributed by atoms with Crippen LogP contribution in [0.4, 0.5) is 0 Å². The molecule has 2 aromatic carbocycles. The fourth-order valence-corrected chi connectivity index (χ4v) is 2.81. The summed E-state index contributed by atoms with van der Waals surface area (Å²) in [5, 5.41) is 9.90. The Morgan fingerprint density at radius 1 is 1.04 bits per heavy atom. The van der Waals surface area contributed by atoms with Crippen LogP contribution in [0, 0.1) is 0 Å². The van der Waals surface area contributed by atoms with Crippen LogP contribution in [0.2, 0.25) is 0 Å². The van der Waals surface area contributed by atoms with Gasteiger partial charge in [-0.25, -0.2) is 0 Å². The van der Waals surface area contributed by atoms with Crippen molar-refractivity contribution >= 4 is 16.9 Å². The molecule has 0 unspecified atom stereocenters. The van der Waals surface area contributed by atoms with Crippen molar-refractivity contribution in [3.05, 3.63) is 65.9 Å². The lowest BCUT2D eigenvalue weighted by molar-refractivity contribution is -0.137. The van der Waals surface area contributed by atoms with E-state index in [0.717, 1.165) is 29.7 Å². The van der Waals surface area contributed by atoms with E-state index < -0.39 is 5.97 Å². The molecule has 0 saturated heterocycles. The average molecular weight is 323 g/mol. The van der Waals surface area contributed by atoms with Gasteiger partial charge in [0.2, 0.25) is 0 Å². The highest BCUT2D eigenvalue weighted by Gasteiger charge is 2.03. The number of carboxylic acid groups (broad SMARTS) is 1.